The summed E-state index contributed by atoms with van der Waals surface area (Å²) in [6.45, 7) is 9.46. The predicted molar refractivity (Wildman–Crippen MR) is 98.4 cm³/mol. The van der Waals surface area contributed by atoms with Gasteiger partial charge in [0, 0.05) is 18.7 Å². The molecule has 1 aliphatic rings. The van der Waals surface area contributed by atoms with E-state index in [-0.39, 0.29) is 23.5 Å². The Balaban J connectivity index is 1.88. The molecule has 0 aliphatic carbocycles. The lowest BCUT2D eigenvalue weighted by atomic mass is 9.84. The van der Waals surface area contributed by atoms with Gasteiger partial charge in [0.05, 0.1) is 11.8 Å². The Morgan fingerprint density at radius 1 is 1.23 bits per heavy atom. The van der Waals surface area contributed by atoms with Gasteiger partial charge in [-0.1, -0.05) is 39.0 Å². The maximum absolute atomic E-state index is 13.0. The number of carbonyl (C=O) groups is 2. The number of rotatable bonds is 3. The Kier molecular flexibility index (Phi) is 4.65. The highest BCUT2D eigenvalue weighted by molar-refractivity contribution is 5.97. The molecule has 3 rings (SSSR count). The van der Waals surface area contributed by atoms with E-state index in [4.69, 9.17) is 9.52 Å². The number of hydrogen-bond donors (Lipinski definition) is 1. The third-order valence-electron chi connectivity index (χ3n) is 4.95. The number of furan rings is 1. The summed E-state index contributed by atoms with van der Waals surface area (Å²) in [5, 5.41) is 9.04. The van der Waals surface area contributed by atoms with Gasteiger partial charge in [-0.05, 0) is 35.4 Å². The van der Waals surface area contributed by atoms with Gasteiger partial charge in [0.2, 0.25) is 0 Å². The first-order valence-corrected chi connectivity index (χ1v) is 8.87. The van der Waals surface area contributed by atoms with E-state index in [2.05, 4.69) is 39.0 Å². The van der Waals surface area contributed by atoms with Crippen LogP contribution in [0.2, 0.25) is 0 Å². The van der Waals surface area contributed by atoms with Gasteiger partial charge in [-0.25, -0.2) is 0 Å². The summed E-state index contributed by atoms with van der Waals surface area (Å²) in [7, 11) is 0. The van der Waals surface area contributed by atoms with E-state index in [0.717, 1.165) is 12.0 Å². The van der Waals surface area contributed by atoms with Crippen molar-refractivity contribution < 1.29 is 19.1 Å². The van der Waals surface area contributed by atoms with Crippen LogP contribution in [0.5, 0.6) is 0 Å². The minimum atomic E-state index is -1.01. The summed E-state index contributed by atoms with van der Waals surface area (Å²) in [6, 6.07) is 6.52. The van der Waals surface area contributed by atoms with Crippen LogP contribution in [0.15, 0.2) is 28.9 Å². The minimum Gasteiger partial charge on any atom is -0.481 e. The van der Waals surface area contributed by atoms with Gasteiger partial charge in [-0.15, -0.1) is 0 Å². The average Bonchev–Trinajstić information content (AvgIpc) is 2.92. The second-order valence-corrected chi connectivity index (χ2v) is 8.00. The molecule has 0 saturated heterocycles. The molecule has 1 aromatic carbocycles. The van der Waals surface area contributed by atoms with Gasteiger partial charge in [-0.2, -0.15) is 0 Å². The number of nitrogens with zero attached hydrogens (tertiary/aromatic N) is 1. The van der Waals surface area contributed by atoms with Gasteiger partial charge in [-0.3, -0.25) is 9.59 Å². The Labute approximate surface area is 153 Å². The zero-order valence-electron chi connectivity index (χ0n) is 15.8. The Hall–Kier alpha value is -2.56. The minimum absolute atomic E-state index is 0.0527. The van der Waals surface area contributed by atoms with Crippen LogP contribution in [0.3, 0.4) is 0 Å². The van der Waals surface area contributed by atoms with Gasteiger partial charge in [0.25, 0.3) is 5.91 Å². The lowest BCUT2D eigenvalue weighted by molar-refractivity contribution is -0.136. The highest BCUT2D eigenvalue weighted by atomic mass is 16.4. The third kappa shape index (κ3) is 3.52. The lowest BCUT2D eigenvalue weighted by Crippen LogP contribution is -2.36. The van der Waals surface area contributed by atoms with E-state index < -0.39 is 5.97 Å². The molecule has 0 radical (unpaired) electrons. The van der Waals surface area contributed by atoms with Crippen molar-refractivity contribution in [2.45, 2.75) is 52.5 Å². The Bertz CT molecular complexity index is 857. The molecule has 138 valence electrons. The predicted octanol–water partition coefficient (Wildman–Crippen LogP) is 3.71. The van der Waals surface area contributed by atoms with Crippen molar-refractivity contribution in [3.63, 3.8) is 0 Å². The fourth-order valence-corrected chi connectivity index (χ4v) is 3.41. The molecule has 1 aromatic heterocycles. The fourth-order valence-electron chi connectivity index (χ4n) is 3.41. The van der Waals surface area contributed by atoms with E-state index in [9.17, 15) is 9.59 Å². The maximum atomic E-state index is 13.0. The molecule has 1 N–H and O–H groups in total. The zero-order chi connectivity index (χ0) is 19.1. The molecule has 26 heavy (non-hydrogen) atoms. The summed E-state index contributed by atoms with van der Waals surface area (Å²) >= 11 is 0. The standard InChI is InChI=1S/C21H25NO4/c1-13-12-26-17(10-18(23)24)19(13)20(25)22-8-7-14-5-6-16(21(2,3)4)9-15(14)11-22/h5-6,9,12H,7-8,10-11H2,1-4H3,(H,23,24). The number of carbonyl (C=O) groups excluding carboxylic acids is 1. The average molecular weight is 355 g/mol. The monoisotopic (exact) mass is 355 g/mol. The zero-order valence-corrected chi connectivity index (χ0v) is 15.8. The molecular weight excluding hydrogens is 330 g/mol. The van der Waals surface area contributed by atoms with Gasteiger partial charge < -0.3 is 14.4 Å². The van der Waals surface area contributed by atoms with Crippen molar-refractivity contribution in [1.29, 1.82) is 0 Å². The maximum Gasteiger partial charge on any atom is 0.311 e. The number of aryl methyl sites for hydroxylation is 1. The molecule has 5 nitrogen and oxygen atoms in total. The first-order chi connectivity index (χ1) is 12.2. The molecule has 0 unspecified atom stereocenters. The van der Waals surface area contributed by atoms with Gasteiger partial charge >= 0.3 is 5.97 Å². The SMILES string of the molecule is Cc1coc(CC(=O)O)c1C(=O)N1CCc2ccc(C(C)(C)C)cc2C1. The topological polar surface area (TPSA) is 70.7 Å². The van der Waals surface area contributed by atoms with Crippen molar-refractivity contribution in [2.24, 2.45) is 0 Å². The number of hydrogen-bond acceptors (Lipinski definition) is 3. The number of aliphatic carboxylic acids is 1. The van der Waals surface area contributed by atoms with Crippen molar-refractivity contribution in [1.82, 2.24) is 4.90 Å². The van der Waals surface area contributed by atoms with E-state index >= 15 is 0 Å². The van der Waals surface area contributed by atoms with Crippen LogP contribution in [0.25, 0.3) is 0 Å². The van der Waals surface area contributed by atoms with Crippen LogP contribution in [0.1, 0.15) is 59.1 Å². The molecule has 0 bridgehead atoms. The summed E-state index contributed by atoms with van der Waals surface area (Å²) in [6.07, 6.45) is 1.98. The summed E-state index contributed by atoms with van der Waals surface area (Å²) < 4.78 is 5.32. The number of amides is 1. The van der Waals surface area contributed by atoms with Crippen LogP contribution in [-0.4, -0.2) is 28.4 Å². The number of benzene rings is 1. The highest BCUT2D eigenvalue weighted by Crippen LogP contribution is 2.29. The summed E-state index contributed by atoms with van der Waals surface area (Å²) in [5.41, 5.74) is 4.81. The first kappa shape index (κ1) is 18.2. The number of fused-ring (bicyclic) bond motifs is 1. The van der Waals surface area contributed by atoms with E-state index in [1.54, 1.807) is 11.8 Å². The molecular formula is C21H25NO4. The molecule has 0 fully saturated rings. The molecule has 2 heterocycles. The third-order valence-corrected chi connectivity index (χ3v) is 4.95. The summed E-state index contributed by atoms with van der Waals surface area (Å²) in [5.74, 6) is -0.930. The van der Waals surface area contributed by atoms with Crippen molar-refractivity contribution >= 4 is 11.9 Å². The van der Waals surface area contributed by atoms with Crippen LogP contribution in [0, 0.1) is 6.92 Å². The van der Waals surface area contributed by atoms with E-state index in [1.165, 1.54) is 17.4 Å². The molecule has 0 atom stereocenters. The van der Waals surface area contributed by atoms with Crippen LogP contribution >= 0.6 is 0 Å². The summed E-state index contributed by atoms with van der Waals surface area (Å²) in [4.78, 5) is 25.9. The van der Waals surface area contributed by atoms with Crippen molar-refractivity contribution in [2.75, 3.05) is 6.54 Å². The quantitative estimate of drug-likeness (QED) is 0.911. The van der Waals surface area contributed by atoms with E-state index in [1.807, 2.05) is 0 Å². The molecule has 5 heteroatoms. The van der Waals surface area contributed by atoms with Crippen molar-refractivity contribution in [3.8, 4) is 0 Å². The molecule has 0 saturated carbocycles. The molecule has 1 amide bonds. The first-order valence-electron chi connectivity index (χ1n) is 8.87. The molecule has 2 aromatic rings. The Morgan fingerprint density at radius 2 is 1.96 bits per heavy atom. The smallest absolute Gasteiger partial charge is 0.311 e. The van der Waals surface area contributed by atoms with Crippen LogP contribution < -0.4 is 0 Å². The van der Waals surface area contributed by atoms with Crippen LogP contribution in [0.4, 0.5) is 0 Å². The van der Waals surface area contributed by atoms with Crippen LogP contribution in [-0.2, 0) is 29.6 Å². The molecule has 1 aliphatic heterocycles. The second-order valence-electron chi connectivity index (χ2n) is 8.00. The number of carboxylic acids is 1. The van der Waals surface area contributed by atoms with Gasteiger partial charge in [0.15, 0.2) is 0 Å². The van der Waals surface area contributed by atoms with Gasteiger partial charge in [0.1, 0.15) is 12.2 Å². The lowest BCUT2D eigenvalue weighted by Gasteiger charge is -2.31. The second kappa shape index (κ2) is 6.63. The fraction of sp³-hybridized carbons (Fsp3) is 0.429. The van der Waals surface area contributed by atoms with E-state index in [0.29, 0.717) is 24.2 Å². The normalized spacial score (nSPS) is 14.2. The van der Waals surface area contributed by atoms with Crippen molar-refractivity contribution in [3.05, 3.63) is 58.0 Å². The Morgan fingerprint density at radius 3 is 2.62 bits per heavy atom. The largest absolute Gasteiger partial charge is 0.481 e. The molecule has 0 spiro atoms. The number of carboxylic acid groups (broad SMARTS) is 1. The highest BCUT2D eigenvalue weighted by Gasteiger charge is 2.28.